The van der Waals surface area contributed by atoms with Gasteiger partial charge < -0.3 is 9.64 Å². The molecule has 7 nitrogen and oxygen atoms in total. The Morgan fingerprint density at radius 2 is 1.97 bits per heavy atom. The van der Waals surface area contributed by atoms with Gasteiger partial charge in [0.2, 0.25) is 0 Å². The maximum atomic E-state index is 13.6. The summed E-state index contributed by atoms with van der Waals surface area (Å²) >= 11 is 7.81. The van der Waals surface area contributed by atoms with Crippen molar-refractivity contribution in [2.24, 2.45) is 0 Å². The van der Waals surface area contributed by atoms with Crippen molar-refractivity contribution < 1.29 is 9.53 Å². The molecular formula is C21H28ClN5O2S. The SMILES string of the molecule is CCN(CC)CCN(C(=O)c1ccnn1C(C)C)c1nc2c(OC)ccc(Cl)c2s1. The molecule has 3 rings (SSSR count). The van der Waals surface area contributed by atoms with Gasteiger partial charge in [0.25, 0.3) is 5.91 Å². The number of hydrogen-bond acceptors (Lipinski definition) is 6. The highest BCUT2D eigenvalue weighted by molar-refractivity contribution is 7.23. The molecule has 0 unspecified atom stereocenters. The van der Waals surface area contributed by atoms with Gasteiger partial charge >= 0.3 is 0 Å². The van der Waals surface area contributed by atoms with Crippen molar-refractivity contribution in [2.45, 2.75) is 33.7 Å². The van der Waals surface area contributed by atoms with Gasteiger partial charge in [-0.25, -0.2) is 4.98 Å². The Labute approximate surface area is 186 Å². The monoisotopic (exact) mass is 449 g/mol. The summed E-state index contributed by atoms with van der Waals surface area (Å²) < 4.78 is 8.00. The summed E-state index contributed by atoms with van der Waals surface area (Å²) in [5, 5.41) is 5.52. The van der Waals surface area contributed by atoms with Crippen molar-refractivity contribution in [1.29, 1.82) is 0 Å². The summed E-state index contributed by atoms with van der Waals surface area (Å²) in [5.74, 6) is 0.516. The van der Waals surface area contributed by atoms with Gasteiger partial charge in [0.05, 0.1) is 16.8 Å². The Hall–Kier alpha value is -2.16. The number of aromatic nitrogens is 3. The molecule has 0 radical (unpaired) electrons. The number of likely N-dealkylation sites (N-methyl/N-ethyl adjacent to an activating group) is 1. The third-order valence-corrected chi connectivity index (χ3v) is 6.59. The molecule has 2 heterocycles. The average Bonchev–Trinajstić information content (AvgIpc) is 3.39. The number of hydrogen-bond donors (Lipinski definition) is 0. The van der Waals surface area contributed by atoms with Crippen molar-refractivity contribution in [1.82, 2.24) is 19.7 Å². The van der Waals surface area contributed by atoms with Gasteiger partial charge in [0.1, 0.15) is 17.0 Å². The van der Waals surface area contributed by atoms with Crippen LogP contribution in [-0.4, -0.2) is 58.9 Å². The number of methoxy groups -OCH3 is 1. The van der Waals surface area contributed by atoms with Crippen molar-refractivity contribution in [3.8, 4) is 5.75 Å². The Balaban J connectivity index is 2.05. The van der Waals surface area contributed by atoms with Crippen LogP contribution in [0.3, 0.4) is 0 Å². The minimum Gasteiger partial charge on any atom is -0.494 e. The molecule has 9 heteroatoms. The van der Waals surface area contributed by atoms with Crippen LogP contribution in [-0.2, 0) is 0 Å². The predicted molar refractivity (Wildman–Crippen MR) is 123 cm³/mol. The molecule has 0 saturated carbocycles. The predicted octanol–water partition coefficient (Wildman–Crippen LogP) is 4.72. The molecule has 1 aromatic carbocycles. The standard InChI is InChI=1S/C21H28ClN5O2S/c1-6-25(7-2)12-13-26(20(28)16-10-11-23-27(16)14(3)4)21-24-18-17(29-5)9-8-15(22)19(18)30-21/h8-11,14H,6-7,12-13H2,1-5H3. The van der Waals surface area contributed by atoms with E-state index < -0.39 is 0 Å². The molecule has 0 bridgehead atoms. The zero-order valence-corrected chi connectivity index (χ0v) is 19.6. The van der Waals surface area contributed by atoms with E-state index >= 15 is 0 Å². The van der Waals surface area contributed by atoms with E-state index in [1.54, 1.807) is 41.1 Å². The first kappa shape index (κ1) is 22.5. The summed E-state index contributed by atoms with van der Waals surface area (Å²) in [7, 11) is 1.60. The van der Waals surface area contributed by atoms with Crippen LogP contribution in [0, 0.1) is 0 Å². The van der Waals surface area contributed by atoms with Crippen molar-refractivity contribution >= 4 is 44.2 Å². The lowest BCUT2D eigenvalue weighted by Gasteiger charge is -2.25. The first-order valence-electron chi connectivity index (χ1n) is 10.1. The van der Waals surface area contributed by atoms with Crippen LogP contribution in [0.25, 0.3) is 10.2 Å². The van der Waals surface area contributed by atoms with Crippen LogP contribution < -0.4 is 9.64 Å². The summed E-state index contributed by atoms with van der Waals surface area (Å²) in [6.07, 6.45) is 1.66. The zero-order valence-electron chi connectivity index (χ0n) is 18.1. The maximum absolute atomic E-state index is 13.6. The summed E-state index contributed by atoms with van der Waals surface area (Å²) in [6, 6.07) is 5.42. The van der Waals surface area contributed by atoms with Crippen LogP contribution >= 0.6 is 22.9 Å². The lowest BCUT2D eigenvalue weighted by Crippen LogP contribution is -2.39. The highest BCUT2D eigenvalue weighted by Crippen LogP contribution is 2.39. The van der Waals surface area contributed by atoms with Gasteiger partial charge in [0.15, 0.2) is 5.13 Å². The zero-order chi connectivity index (χ0) is 21.8. The second-order valence-electron chi connectivity index (χ2n) is 7.16. The number of fused-ring (bicyclic) bond motifs is 1. The quantitative estimate of drug-likeness (QED) is 0.472. The summed E-state index contributed by atoms with van der Waals surface area (Å²) in [4.78, 5) is 22.3. The van der Waals surface area contributed by atoms with Gasteiger partial charge in [0, 0.05) is 25.3 Å². The molecule has 0 spiro atoms. The van der Waals surface area contributed by atoms with Crippen molar-refractivity contribution in [3.05, 3.63) is 35.1 Å². The summed E-state index contributed by atoms with van der Waals surface area (Å²) in [5.41, 5.74) is 1.21. The van der Waals surface area contributed by atoms with E-state index in [-0.39, 0.29) is 11.9 Å². The lowest BCUT2D eigenvalue weighted by molar-refractivity contribution is 0.0971. The molecule has 1 amide bonds. The first-order chi connectivity index (χ1) is 14.4. The Morgan fingerprint density at radius 1 is 1.23 bits per heavy atom. The number of thiazole rings is 1. The number of nitrogens with zero attached hydrogens (tertiary/aromatic N) is 5. The van der Waals surface area contributed by atoms with Crippen LogP contribution in [0.4, 0.5) is 5.13 Å². The summed E-state index contributed by atoms with van der Waals surface area (Å²) in [6.45, 7) is 11.3. The molecule has 162 valence electrons. The molecule has 3 aromatic rings. The van der Waals surface area contributed by atoms with Crippen LogP contribution in [0.15, 0.2) is 24.4 Å². The molecule has 0 saturated heterocycles. The van der Waals surface area contributed by atoms with Crippen LogP contribution in [0.1, 0.15) is 44.2 Å². The largest absolute Gasteiger partial charge is 0.494 e. The van der Waals surface area contributed by atoms with E-state index in [1.807, 2.05) is 13.8 Å². The van der Waals surface area contributed by atoms with Gasteiger partial charge in [-0.2, -0.15) is 5.10 Å². The molecule has 2 aromatic heterocycles. The number of anilines is 1. The van der Waals surface area contributed by atoms with E-state index in [9.17, 15) is 4.79 Å². The van der Waals surface area contributed by atoms with Gasteiger partial charge in [-0.05, 0) is 45.1 Å². The highest BCUT2D eigenvalue weighted by Gasteiger charge is 2.26. The molecule has 0 atom stereocenters. The number of ether oxygens (including phenoxy) is 1. The lowest BCUT2D eigenvalue weighted by atomic mass is 10.3. The molecule has 0 N–H and O–H groups in total. The van der Waals surface area contributed by atoms with Crippen LogP contribution in [0.5, 0.6) is 5.75 Å². The second kappa shape index (κ2) is 9.76. The molecular weight excluding hydrogens is 422 g/mol. The molecule has 30 heavy (non-hydrogen) atoms. The smallest absolute Gasteiger partial charge is 0.278 e. The number of carbonyl (C=O) groups is 1. The van der Waals surface area contributed by atoms with Gasteiger partial charge in [-0.3, -0.25) is 14.4 Å². The Kier molecular flexibility index (Phi) is 7.33. The highest BCUT2D eigenvalue weighted by atomic mass is 35.5. The van der Waals surface area contributed by atoms with E-state index in [0.717, 1.165) is 24.3 Å². The molecule has 0 aliphatic rings. The Morgan fingerprint density at radius 3 is 2.60 bits per heavy atom. The van der Waals surface area contributed by atoms with Crippen molar-refractivity contribution in [2.75, 3.05) is 38.2 Å². The fourth-order valence-electron chi connectivity index (χ4n) is 3.32. The number of carbonyl (C=O) groups excluding carboxylic acids is 1. The topological polar surface area (TPSA) is 63.5 Å². The second-order valence-corrected chi connectivity index (χ2v) is 8.55. The number of amides is 1. The average molecular weight is 450 g/mol. The Bertz CT molecular complexity index is 1010. The molecule has 0 aliphatic carbocycles. The normalized spacial score (nSPS) is 11.6. The van der Waals surface area contributed by atoms with E-state index in [1.165, 1.54) is 11.3 Å². The van der Waals surface area contributed by atoms with Crippen LogP contribution in [0.2, 0.25) is 5.02 Å². The maximum Gasteiger partial charge on any atom is 0.278 e. The molecule has 0 fully saturated rings. The van der Waals surface area contributed by atoms with Crippen molar-refractivity contribution in [3.63, 3.8) is 0 Å². The fourth-order valence-corrected chi connectivity index (χ4v) is 4.60. The first-order valence-corrected chi connectivity index (χ1v) is 11.3. The van der Waals surface area contributed by atoms with E-state index in [0.29, 0.717) is 33.7 Å². The minimum absolute atomic E-state index is 0.0773. The van der Waals surface area contributed by atoms with Gasteiger partial charge in [-0.1, -0.05) is 36.8 Å². The third-order valence-electron chi connectivity index (χ3n) is 5.06. The fraction of sp³-hybridized carbons (Fsp3) is 0.476. The third kappa shape index (κ3) is 4.45. The van der Waals surface area contributed by atoms with E-state index in [2.05, 4.69) is 23.8 Å². The molecule has 0 aliphatic heterocycles. The number of rotatable bonds is 9. The number of benzene rings is 1. The minimum atomic E-state index is -0.123. The van der Waals surface area contributed by atoms with E-state index in [4.69, 9.17) is 21.3 Å². The number of halogens is 1. The van der Waals surface area contributed by atoms with Gasteiger partial charge in [-0.15, -0.1) is 0 Å².